The summed E-state index contributed by atoms with van der Waals surface area (Å²) >= 11 is 0. The van der Waals surface area contributed by atoms with Gasteiger partial charge in [0.2, 0.25) is 0 Å². The lowest BCUT2D eigenvalue weighted by molar-refractivity contribution is -0.188. The topological polar surface area (TPSA) is 94.8 Å². The maximum Gasteiger partial charge on any atom is 0.190 e. The van der Waals surface area contributed by atoms with Gasteiger partial charge in [-0.2, -0.15) is 0 Å². The number of aliphatic hydroxyl groups is 3. The van der Waals surface area contributed by atoms with Crippen molar-refractivity contribution in [2.24, 2.45) is 34.5 Å². The molecule has 0 amide bonds. The molecule has 2 unspecified atom stereocenters. The minimum absolute atomic E-state index is 0.0279. The quantitative estimate of drug-likeness (QED) is 0.666. The van der Waals surface area contributed by atoms with E-state index in [4.69, 9.17) is 0 Å². The number of hydrogen-bond acceptors (Lipinski definition) is 5. The third-order valence-electron chi connectivity index (χ3n) is 9.12. The Balaban J connectivity index is 1.77. The van der Waals surface area contributed by atoms with Gasteiger partial charge in [-0.15, -0.1) is 0 Å². The van der Waals surface area contributed by atoms with Crippen LogP contribution >= 0.6 is 0 Å². The Bertz CT molecular complexity index is 749. The molecule has 3 saturated carbocycles. The van der Waals surface area contributed by atoms with Crippen LogP contribution in [0.2, 0.25) is 0 Å². The minimum Gasteiger partial charge on any atom is -0.393 e. The van der Waals surface area contributed by atoms with Crippen molar-refractivity contribution in [2.45, 2.75) is 70.8 Å². The SMILES string of the molecule is CC1C(=O)C=C2CC[C@@H]3[C@H]([C@@H](O)C[C@@]4(C)[C@H]3CC[C@]4(O)C(=O)CO)[C@@]2(C)C1F. The van der Waals surface area contributed by atoms with Crippen molar-refractivity contribution in [3.63, 3.8) is 0 Å². The number of carbonyl (C=O) groups is 2. The number of halogens is 1. The van der Waals surface area contributed by atoms with Gasteiger partial charge >= 0.3 is 0 Å². The number of ketones is 2. The molecule has 3 fully saturated rings. The highest BCUT2D eigenvalue weighted by Gasteiger charge is 2.69. The first-order valence-corrected chi connectivity index (χ1v) is 10.5. The zero-order valence-corrected chi connectivity index (χ0v) is 16.8. The van der Waals surface area contributed by atoms with Gasteiger partial charge in [0.1, 0.15) is 18.4 Å². The summed E-state index contributed by atoms with van der Waals surface area (Å²) in [7, 11) is 0. The van der Waals surface area contributed by atoms with Crippen LogP contribution in [-0.2, 0) is 9.59 Å². The minimum atomic E-state index is -1.65. The van der Waals surface area contributed by atoms with Gasteiger partial charge in [-0.05, 0) is 55.9 Å². The third-order valence-corrected chi connectivity index (χ3v) is 9.12. The second-order valence-electron chi connectivity index (χ2n) is 10.0. The van der Waals surface area contributed by atoms with Crippen molar-refractivity contribution in [3.05, 3.63) is 11.6 Å². The molecule has 0 radical (unpaired) electrons. The predicted octanol–water partition coefficient (Wildman–Crippen LogP) is 1.98. The Hall–Kier alpha value is -1.11. The highest BCUT2D eigenvalue weighted by Crippen LogP contribution is 2.68. The molecule has 5 nitrogen and oxygen atoms in total. The van der Waals surface area contributed by atoms with Gasteiger partial charge in [-0.3, -0.25) is 9.59 Å². The van der Waals surface area contributed by atoms with Gasteiger partial charge < -0.3 is 15.3 Å². The molecule has 3 N–H and O–H groups in total. The fourth-order valence-electron chi connectivity index (χ4n) is 7.55. The molecular weight excluding hydrogens is 363 g/mol. The molecule has 0 aromatic heterocycles. The number of allylic oxidation sites excluding steroid dienone is 1. The van der Waals surface area contributed by atoms with Crippen LogP contribution in [0, 0.1) is 34.5 Å². The third kappa shape index (κ3) is 2.23. The Morgan fingerprint density at radius 2 is 2.00 bits per heavy atom. The number of Topliss-reactive ketones (excluding diaryl/α,β-unsaturated/α-hetero) is 1. The molecule has 0 aromatic rings. The number of carbonyl (C=O) groups excluding carboxylic acids is 2. The molecular formula is C22H31FO5. The van der Waals surface area contributed by atoms with E-state index in [1.54, 1.807) is 13.0 Å². The van der Waals surface area contributed by atoms with Gasteiger partial charge in [0.25, 0.3) is 0 Å². The van der Waals surface area contributed by atoms with Crippen molar-refractivity contribution < 1.29 is 29.3 Å². The maximum atomic E-state index is 15.6. The van der Waals surface area contributed by atoms with E-state index in [0.29, 0.717) is 19.3 Å². The predicted molar refractivity (Wildman–Crippen MR) is 100.0 cm³/mol. The van der Waals surface area contributed by atoms with E-state index >= 15 is 4.39 Å². The molecule has 9 atom stereocenters. The lowest BCUT2D eigenvalue weighted by Gasteiger charge is -2.61. The maximum absolute atomic E-state index is 15.6. The standard InChI is InChI=1S/C22H31FO5/c1-11-15(25)8-12-4-5-13-14-6-7-22(28,17(27)10-24)20(14,2)9-16(26)18(13)21(12,3)19(11)23/h8,11,13-14,16,18-19,24,26,28H,4-7,9-10H2,1-3H3/t11?,13-,14-,16-,18+,19?,20-,21-,22-/m0/s1. The molecule has 0 aliphatic heterocycles. The van der Waals surface area contributed by atoms with Crippen LogP contribution in [0.25, 0.3) is 0 Å². The van der Waals surface area contributed by atoms with E-state index in [1.807, 2.05) is 13.8 Å². The van der Waals surface area contributed by atoms with Gasteiger partial charge in [-0.25, -0.2) is 4.39 Å². The number of alkyl halides is 1. The van der Waals surface area contributed by atoms with Gasteiger partial charge in [0.15, 0.2) is 11.6 Å². The van der Waals surface area contributed by atoms with E-state index in [9.17, 15) is 24.9 Å². The fraction of sp³-hybridized carbons (Fsp3) is 0.818. The largest absolute Gasteiger partial charge is 0.393 e. The molecule has 0 spiro atoms. The van der Waals surface area contributed by atoms with E-state index in [1.165, 1.54) is 0 Å². The smallest absolute Gasteiger partial charge is 0.190 e. The van der Waals surface area contributed by atoms with Crippen LogP contribution in [0.15, 0.2) is 11.6 Å². The average molecular weight is 394 g/mol. The Labute approximate surface area is 165 Å². The van der Waals surface area contributed by atoms with Crippen LogP contribution < -0.4 is 0 Å². The van der Waals surface area contributed by atoms with Crippen molar-refractivity contribution >= 4 is 11.6 Å². The summed E-state index contributed by atoms with van der Waals surface area (Å²) in [6.45, 7) is 4.57. The number of rotatable bonds is 2. The fourth-order valence-corrected chi connectivity index (χ4v) is 7.55. The first kappa shape index (κ1) is 20.2. The van der Waals surface area contributed by atoms with Crippen molar-refractivity contribution in [2.75, 3.05) is 6.61 Å². The van der Waals surface area contributed by atoms with Gasteiger partial charge in [0.05, 0.1) is 12.0 Å². The highest BCUT2D eigenvalue weighted by atomic mass is 19.1. The summed E-state index contributed by atoms with van der Waals surface area (Å²) in [5.74, 6) is -1.91. The summed E-state index contributed by atoms with van der Waals surface area (Å²) in [5.41, 5.74) is -2.60. The van der Waals surface area contributed by atoms with Crippen molar-refractivity contribution in [1.29, 1.82) is 0 Å². The Morgan fingerprint density at radius 1 is 1.32 bits per heavy atom. The van der Waals surface area contributed by atoms with Gasteiger partial charge in [0, 0.05) is 10.8 Å². The monoisotopic (exact) mass is 394 g/mol. The van der Waals surface area contributed by atoms with Crippen LogP contribution in [-0.4, -0.2) is 51.4 Å². The number of hydrogen-bond donors (Lipinski definition) is 3. The normalized spacial score (nSPS) is 53.1. The molecule has 6 heteroatoms. The molecule has 0 aromatic carbocycles. The molecule has 0 saturated heterocycles. The first-order valence-electron chi connectivity index (χ1n) is 10.5. The first-order chi connectivity index (χ1) is 13.0. The average Bonchev–Trinajstić information content (AvgIpc) is 2.92. The van der Waals surface area contributed by atoms with Crippen LogP contribution in [0.5, 0.6) is 0 Å². The molecule has 156 valence electrons. The zero-order valence-electron chi connectivity index (χ0n) is 16.8. The molecule has 4 aliphatic rings. The van der Waals surface area contributed by atoms with E-state index < -0.39 is 47.0 Å². The summed E-state index contributed by atoms with van der Waals surface area (Å²) in [4.78, 5) is 24.6. The zero-order chi connectivity index (χ0) is 20.6. The summed E-state index contributed by atoms with van der Waals surface area (Å²) < 4.78 is 15.6. The second-order valence-corrected chi connectivity index (χ2v) is 10.0. The van der Waals surface area contributed by atoms with Crippen LogP contribution in [0.3, 0.4) is 0 Å². The molecule has 4 aliphatic carbocycles. The second kappa shape index (κ2) is 6.19. The molecule has 0 heterocycles. The number of fused-ring (bicyclic) bond motifs is 5. The van der Waals surface area contributed by atoms with E-state index in [-0.39, 0.29) is 36.4 Å². The lowest BCUT2D eigenvalue weighted by Crippen LogP contribution is -2.64. The Morgan fingerprint density at radius 3 is 2.64 bits per heavy atom. The summed E-state index contributed by atoms with van der Waals surface area (Å²) in [5, 5.41) is 31.8. The van der Waals surface area contributed by atoms with Crippen molar-refractivity contribution in [3.8, 4) is 0 Å². The van der Waals surface area contributed by atoms with Crippen molar-refractivity contribution in [1.82, 2.24) is 0 Å². The Kier molecular flexibility index (Phi) is 4.46. The van der Waals surface area contributed by atoms with Gasteiger partial charge in [-0.1, -0.05) is 26.3 Å². The molecule has 0 bridgehead atoms. The van der Waals surface area contributed by atoms with Crippen LogP contribution in [0.4, 0.5) is 4.39 Å². The van der Waals surface area contributed by atoms with E-state index in [0.717, 1.165) is 5.57 Å². The van der Waals surface area contributed by atoms with Crippen LogP contribution in [0.1, 0.15) is 52.9 Å². The summed E-state index contributed by atoms with van der Waals surface area (Å²) in [6, 6.07) is 0. The highest BCUT2D eigenvalue weighted by molar-refractivity contribution is 5.94. The van der Waals surface area contributed by atoms with E-state index in [2.05, 4.69) is 0 Å². The lowest BCUT2D eigenvalue weighted by atomic mass is 9.44. The number of aliphatic hydroxyl groups excluding tert-OH is 2. The molecule has 28 heavy (non-hydrogen) atoms. The molecule has 4 rings (SSSR count). The summed E-state index contributed by atoms with van der Waals surface area (Å²) in [6.07, 6.45) is 1.74.